The molecule has 0 unspecified atom stereocenters. The van der Waals surface area contributed by atoms with Crippen LogP contribution < -0.4 is 10.5 Å². The second-order valence-electron chi connectivity index (χ2n) is 4.08. The number of aromatic nitrogens is 3. The summed E-state index contributed by atoms with van der Waals surface area (Å²) in [6.07, 6.45) is 2.56. The Balaban J connectivity index is 1.98. The molecule has 1 aromatic heterocycles. The first-order chi connectivity index (χ1) is 9.20. The van der Waals surface area contributed by atoms with E-state index in [2.05, 4.69) is 17.0 Å². The summed E-state index contributed by atoms with van der Waals surface area (Å²) >= 11 is 4.90. The Labute approximate surface area is 117 Å². The van der Waals surface area contributed by atoms with Crippen LogP contribution in [0.5, 0.6) is 5.75 Å². The van der Waals surface area contributed by atoms with Gasteiger partial charge in [0.15, 0.2) is 5.82 Å². The molecule has 0 bridgehead atoms. The van der Waals surface area contributed by atoms with Gasteiger partial charge in [0, 0.05) is 12.1 Å². The van der Waals surface area contributed by atoms with Crippen molar-refractivity contribution in [1.82, 2.24) is 14.8 Å². The number of aryl methyl sites for hydroxylation is 1. The molecule has 0 saturated carbocycles. The SMILES string of the molecule is CCCn1ncnc1COc1ccc(C(N)=S)cc1. The Morgan fingerprint density at radius 2 is 2.11 bits per heavy atom. The zero-order valence-corrected chi connectivity index (χ0v) is 11.6. The second kappa shape index (κ2) is 6.29. The average molecular weight is 276 g/mol. The summed E-state index contributed by atoms with van der Waals surface area (Å²) < 4.78 is 7.52. The van der Waals surface area contributed by atoms with Gasteiger partial charge in [-0.05, 0) is 30.7 Å². The third-order valence-corrected chi connectivity index (χ3v) is 2.87. The normalized spacial score (nSPS) is 10.4. The largest absolute Gasteiger partial charge is 0.486 e. The molecule has 0 fully saturated rings. The van der Waals surface area contributed by atoms with E-state index in [0.29, 0.717) is 11.6 Å². The van der Waals surface area contributed by atoms with Gasteiger partial charge in [-0.2, -0.15) is 5.10 Å². The summed E-state index contributed by atoms with van der Waals surface area (Å²) in [5, 5.41) is 4.15. The first kappa shape index (κ1) is 13.5. The molecule has 1 aromatic carbocycles. The topological polar surface area (TPSA) is 66.0 Å². The molecule has 0 spiro atoms. The summed E-state index contributed by atoms with van der Waals surface area (Å²) in [4.78, 5) is 4.57. The van der Waals surface area contributed by atoms with Crippen LogP contribution in [0, 0.1) is 0 Å². The van der Waals surface area contributed by atoms with Gasteiger partial charge in [0.05, 0.1) is 0 Å². The average Bonchev–Trinajstić information content (AvgIpc) is 2.85. The Hall–Kier alpha value is -1.95. The minimum absolute atomic E-state index is 0.384. The van der Waals surface area contributed by atoms with Gasteiger partial charge in [0.1, 0.15) is 23.7 Å². The van der Waals surface area contributed by atoms with Crippen LogP contribution in [0.1, 0.15) is 24.7 Å². The van der Waals surface area contributed by atoms with Gasteiger partial charge in [0.25, 0.3) is 0 Å². The van der Waals surface area contributed by atoms with Crippen LogP contribution in [0.25, 0.3) is 0 Å². The van der Waals surface area contributed by atoms with Crippen molar-refractivity contribution >= 4 is 17.2 Å². The van der Waals surface area contributed by atoms with Crippen molar-refractivity contribution < 1.29 is 4.74 Å². The monoisotopic (exact) mass is 276 g/mol. The van der Waals surface area contributed by atoms with Gasteiger partial charge in [0.2, 0.25) is 0 Å². The minimum atomic E-state index is 0.384. The maximum Gasteiger partial charge on any atom is 0.164 e. The first-order valence-corrected chi connectivity index (χ1v) is 6.51. The first-order valence-electron chi connectivity index (χ1n) is 6.10. The molecule has 0 radical (unpaired) electrons. The predicted molar refractivity (Wildman–Crippen MR) is 77.0 cm³/mol. The highest BCUT2D eigenvalue weighted by Gasteiger charge is 2.04. The molecule has 0 saturated heterocycles. The fourth-order valence-corrected chi connectivity index (χ4v) is 1.80. The van der Waals surface area contributed by atoms with Crippen LogP contribution in [-0.4, -0.2) is 19.8 Å². The van der Waals surface area contributed by atoms with Gasteiger partial charge < -0.3 is 10.5 Å². The fourth-order valence-electron chi connectivity index (χ4n) is 1.66. The molecule has 2 N–H and O–H groups in total. The van der Waals surface area contributed by atoms with Crippen molar-refractivity contribution in [3.8, 4) is 5.75 Å². The smallest absolute Gasteiger partial charge is 0.164 e. The van der Waals surface area contributed by atoms with Crippen LogP contribution in [0.3, 0.4) is 0 Å². The summed E-state index contributed by atoms with van der Waals surface area (Å²) in [5.74, 6) is 1.58. The molecule has 0 aliphatic rings. The standard InChI is InChI=1S/C13H16N4OS/c1-2-7-17-12(15-9-16-17)8-18-11-5-3-10(4-6-11)13(14)19/h3-6,9H,2,7-8H2,1H3,(H2,14,19). The van der Waals surface area contributed by atoms with Gasteiger partial charge >= 0.3 is 0 Å². The number of hydrogen-bond donors (Lipinski definition) is 1. The Kier molecular flexibility index (Phi) is 4.46. The van der Waals surface area contributed by atoms with Gasteiger partial charge in [-0.15, -0.1) is 0 Å². The lowest BCUT2D eigenvalue weighted by Crippen LogP contribution is -2.10. The number of rotatable bonds is 6. The molecule has 5 nitrogen and oxygen atoms in total. The predicted octanol–water partition coefficient (Wildman–Crippen LogP) is 1.90. The molecular weight excluding hydrogens is 260 g/mol. The third kappa shape index (κ3) is 3.51. The minimum Gasteiger partial charge on any atom is -0.486 e. The maximum atomic E-state index is 5.66. The van der Waals surface area contributed by atoms with Crippen molar-refractivity contribution in [3.63, 3.8) is 0 Å². The maximum absolute atomic E-state index is 5.66. The molecule has 1 heterocycles. The lowest BCUT2D eigenvalue weighted by Gasteiger charge is -2.07. The van der Waals surface area contributed by atoms with Crippen molar-refractivity contribution in [2.24, 2.45) is 5.73 Å². The zero-order chi connectivity index (χ0) is 13.7. The highest BCUT2D eigenvalue weighted by molar-refractivity contribution is 7.80. The fraction of sp³-hybridized carbons (Fsp3) is 0.308. The van der Waals surface area contributed by atoms with E-state index in [0.717, 1.165) is 30.1 Å². The van der Waals surface area contributed by atoms with E-state index in [1.807, 2.05) is 28.9 Å². The molecule has 2 aromatic rings. The molecule has 0 aliphatic heterocycles. The lowest BCUT2D eigenvalue weighted by molar-refractivity contribution is 0.286. The van der Waals surface area contributed by atoms with E-state index >= 15 is 0 Å². The van der Waals surface area contributed by atoms with Crippen LogP contribution >= 0.6 is 12.2 Å². The van der Waals surface area contributed by atoms with Crippen molar-refractivity contribution in [2.45, 2.75) is 26.5 Å². The molecule has 100 valence electrons. The lowest BCUT2D eigenvalue weighted by atomic mass is 10.2. The van der Waals surface area contributed by atoms with Crippen LogP contribution in [0.15, 0.2) is 30.6 Å². The highest BCUT2D eigenvalue weighted by atomic mass is 32.1. The number of hydrogen-bond acceptors (Lipinski definition) is 4. The van der Waals surface area contributed by atoms with Crippen molar-refractivity contribution in [3.05, 3.63) is 42.0 Å². The number of ether oxygens (including phenoxy) is 1. The van der Waals surface area contributed by atoms with E-state index in [1.165, 1.54) is 0 Å². The summed E-state index contributed by atoms with van der Waals surface area (Å²) in [5.41, 5.74) is 6.37. The zero-order valence-electron chi connectivity index (χ0n) is 10.7. The summed E-state index contributed by atoms with van der Waals surface area (Å²) in [6, 6.07) is 7.37. The van der Waals surface area contributed by atoms with E-state index in [4.69, 9.17) is 22.7 Å². The summed E-state index contributed by atoms with van der Waals surface area (Å²) in [7, 11) is 0. The molecule has 0 amide bonds. The molecular formula is C13H16N4OS. The molecule has 2 rings (SSSR count). The quantitative estimate of drug-likeness (QED) is 0.816. The third-order valence-electron chi connectivity index (χ3n) is 2.64. The number of benzene rings is 1. The molecule has 0 atom stereocenters. The van der Waals surface area contributed by atoms with Gasteiger partial charge in [-0.3, -0.25) is 0 Å². The van der Waals surface area contributed by atoms with E-state index < -0.39 is 0 Å². The Bertz CT molecular complexity index is 550. The van der Waals surface area contributed by atoms with Gasteiger partial charge in [-0.1, -0.05) is 19.1 Å². The molecule has 6 heteroatoms. The second-order valence-corrected chi connectivity index (χ2v) is 4.52. The number of nitrogens with two attached hydrogens (primary N) is 1. The Morgan fingerprint density at radius 1 is 1.37 bits per heavy atom. The van der Waals surface area contributed by atoms with Crippen LogP contribution in [0.2, 0.25) is 0 Å². The summed E-state index contributed by atoms with van der Waals surface area (Å²) in [6.45, 7) is 3.34. The van der Waals surface area contributed by atoms with E-state index in [1.54, 1.807) is 6.33 Å². The van der Waals surface area contributed by atoms with Crippen LogP contribution in [0.4, 0.5) is 0 Å². The number of thiocarbonyl (C=S) groups is 1. The van der Waals surface area contributed by atoms with Crippen molar-refractivity contribution in [1.29, 1.82) is 0 Å². The highest BCUT2D eigenvalue weighted by Crippen LogP contribution is 2.13. The number of nitrogens with zero attached hydrogens (tertiary/aromatic N) is 3. The Morgan fingerprint density at radius 3 is 2.74 bits per heavy atom. The van der Waals surface area contributed by atoms with Crippen molar-refractivity contribution in [2.75, 3.05) is 0 Å². The van der Waals surface area contributed by atoms with E-state index in [9.17, 15) is 0 Å². The molecule has 19 heavy (non-hydrogen) atoms. The van der Waals surface area contributed by atoms with E-state index in [-0.39, 0.29) is 0 Å². The molecule has 0 aliphatic carbocycles. The van der Waals surface area contributed by atoms with Gasteiger partial charge in [-0.25, -0.2) is 9.67 Å². The van der Waals surface area contributed by atoms with Crippen LogP contribution in [-0.2, 0) is 13.2 Å².